The van der Waals surface area contributed by atoms with Crippen molar-refractivity contribution in [2.75, 3.05) is 11.4 Å². The van der Waals surface area contributed by atoms with Crippen LogP contribution >= 0.6 is 0 Å². The van der Waals surface area contributed by atoms with Crippen LogP contribution < -0.4 is 15.5 Å². The van der Waals surface area contributed by atoms with E-state index in [-0.39, 0.29) is 17.7 Å². The van der Waals surface area contributed by atoms with Crippen LogP contribution in [0.25, 0.3) is 11.1 Å². The summed E-state index contributed by atoms with van der Waals surface area (Å²) in [4.78, 5) is 39.5. The van der Waals surface area contributed by atoms with Crippen molar-refractivity contribution < 1.29 is 19.5 Å². The Hall–Kier alpha value is -4.13. The van der Waals surface area contributed by atoms with Gasteiger partial charge in [0.2, 0.25) is 11.8 Å². The number of anilines is 1. The molecule has 2 aliphatic carbocycles. The third kappa shape index (κ3) is 4.22. The normalized spacial score (nSPS) is 19.8. The molecule has 1 aliphatic heterocycles. The van der Waals surface area contributed by atoms with Crippen molar-refractivity contribution >= 4 is 23.6 Å². The zero-order valence-electron chi connectivity index (χ0n) is 21.2. The second kappa shape index (κ2) is 9.63. The number of carboxylic acid groups (broad SMARTS) is 1. The van der Waals surface area contributed by atoms with Gasteiger partial charge in [-0.1, -0.05) is 79.9 Å². The number of amides is 3. The Bertz CT molecular complexity index is 1350. The van der Waals surface area contributed by atoms with Crippen molar-refractivity contribution in [2.24, 2.45) is 0 Å². The molecule has 1 unspecified atom stereocenters. The topological polar surface area (TPSA) is 98.7 Å². The highest BCUT2D eigenvalue weighted by Crippen LogP contribution is 2.45. The van der Waals surface area contributed by atoms with Crippen molar-refractivity contribution in [1.29, 1.82) is 0 Å². The lowest BCUT2D eigenvalue weighted by molar-refractivity contribution is -0.143. The van der Waals surface area contributed by atoms with Crippen LogP contribution in [0.15, 0.2) is 72.8 Å². The molecule has 1 saturated heterocycles. The lowest BCUT2D eigenvalue weighted by atomic mass is 9.79. The minimum Gasteiger partial charge on any atom is -0.465 e. The van der Waals surface area contributed by atoms with E-state index in [1.54, 1.807) is 12.1 Å². The molecule has 3 aromatic rings. The molecule has 3 aliphatic rings. The standard InChI is InChI=1S/C31H31N3O4/c35-28-27(32-29(36)31(33-28)16-6-1-7-17-31)18-20-12-14-21(15-13-20)34(30(37)38)19-26-24-10-4-2-8-22(24)23-9-3-5-11-25(23)26/h2-5,8-15,26-27H,1,6-7,16-19H2,(H,32,36)(H,33,35)(H,37,38). The minimum atomic E-state index is -1.02. The number of carbonyl (C=O) groups is 3. The summed E-state index contributed by atoms with van der Waals surface area (Å²) in [5.74, 6) is -0.305. The van der Waals surface area contributed by atoms with Gasteiger partial charge in [-0.15, -0.1) is 0 Å². The van der Waals surface area contributed by atoms with Gasteiger partial charge < -0.3 is 15.7 Å². The molecule has 7 heteroatoms. The Labute approximate surface area is 221 Å². The smallest absolute Gasteiger partial charge is 0.411 e. The van der Waals surface area contributed by atoms with Gasteiger partial charge in [-0.3, -0.25) is 14.5 Å². The van der Waals surface area contributed by atoms with Gasteiger partial charge >= 0.3 is 6.09 Å². The molecule has 3 amide bonds. The molecule has 1 heterocycles. The van der Waals surface area contributed by atoms with Crippen LogP contribution in [-0.2, 0) is 16.0 Å². The molecule has 0 radical (unpaired) electrons. The summed E-state index contributed by atoms with van der Waals surface area (Å²) < 4.78 is 0. The van der Waals surface area contributed by atoms with E-state index in [4.69, 9.17) is 0 Å². The molecule has 7 nitrogen and oxygen atoms in total. The van der Waals surface area contributed by atoms with Crippen LogP contribution in [-0.4, -0.2) is 41.1 Å². The number of hydrogen-bond acceptors (Lipinski definition) is 3. The molecule has 38 heavy (non-hydrogen) atoms. The van der Waals surface area contributed by atoms with E-state index in [0.717, 1.165) is 47.1 Å². The first kappa shape index (κ1) is 24.2. The number of fused-ring (bicyclic) bond motifs is 3. The van der Waals surface area contributed by atoms with Gasteiger partial charge in [0.25, 0.3) is 0 Å². The molecule has 0 bridgehead atoms. The van der Waals surface area contributed by atoms with E-state index < -0.39 is 17.7 Å². The zero-order valence-corrected chi connectivity index (χ0v) is 21.2. The summed E-state index contributed by atoms with van der Waals surface area (Å²) in [6.45, 7) is 0.297. The minimum absolute atomic E-state index is 0.0635. The summed E-state index contributed by atoms with van der Waals surface area (Å²) >= 11 is 0. The maximum absolute atomic E-state index is 12.9. The Kier molecular flexibility index (Phi) is 6.14. The average Bonchev–Trinajstić information content (AvgIpc) is 3.25. The van der Waals surface area contributed by atoms with Gasteiger partial charge in [-0.05, 0) is 52.8 Å². The Morgan fingerprint density at radius 2 is 1.47 bits per heavy atom. The van der Waals surface area contributed by atoms with Gasteiger partial charge in [-0.2, -0.15) is 0 Å². The third-order valence-electron chi connectivity index (χ3n) is 8.37. The van der Waals surface area contributed by atoms with Crippen molar-refractivity contribution in [2.45, 2.75) is 56.0 Å². The molecule has 1 atom stereocenters. The van der Waals surface area contributed by atoms with E-state index in [1.165, 1.54) is 4.90 Å². The zero-order chi connectivity index (χ0) is 26.3. The van der Waals surface area contributed by atoms with Gasteiger partial charge in [0.1, 0.15) is 11.6 Å². The second-order valence-corrected chi connectivity index (χ2v) is 10.6. The molecular formula is C31H31N3O4. The fourth-order valence-electron chi connectivity index (χ4n) is 6.37. The van der Waals surface area contributed by atoms with E-state index in [9.17, 15) is 19.5 Å². The number of rotatable bonds is 5. The number of nitrogens with zero attached hydrogens (tertiary/aromatic N) is 1. The fourth-order valence-corrected chi connectivity index (χ4v) is 6.37. The fraction of sp³-hybridized carbons (Fsp3) is 0.323. The maximum Gasteiger partial charge on any atom is 0.411 e. The van der Waals surface area contributed by atoms with Crippen molar-refractivity contribution in [1.82, 2.24) is 10.6 Å². The third-order valence-corrected chi connectivity index (χ3v) is 8.37. The quantitative estimate of drug-likeness (QED) is 0.458. The van der Waals surface area contributed by atoms with Gasteiger partial charge in [0.05, 0.1) is 0 Å². The summed E-state index contributed by atoms with van der Waals surface area (Å²) in [5, 5.41) is 16.1. The Morgan fingerprint density at radius 1 is 0.868 bits per heavy atom. The SMILES string of the molecule is O=C1NC2(CCCCC2)C(=O)NC1Cc1ccc(N(CC2c3ccccc3-c3ccccc32)C(=O)O)cc1. The Morgan fingerprint density at radius 3 is 2.08 bits per heavy atom. The number of nitrogens with one attached hydrogen (secondary N) is 2. The van der Waals surface area contributed by atoms with Crippen molar-refractivity contribution in [3.8, 4) is 11.1 Å². The molecule has 2 fully saturated rings. The van der Waals surface area contributed by atoms with Crippen LogP contribution in [0.5, 0.6) is 0 Å². The first-order valence-corrected chi connectivity index (χ1v) is 13.4. The van der Waals surface area contributed by atoms with Gasteiger partial charge in [-0.25, -0.2) is 4.79 Å². The highest BCUT2D eigenvalue weighted by molar-refractivity contribution is 6.00. The molecular weight excluding hydrogens is 478 g/mol. The van der Waals surface area contributed by atoms with Crippen molar-refractivity contribution in [3.63, 3.8) is 0 Å². The number of carbonyl (C=O) groups excluding carboxylic acids is 2. The first-order valence-electron chi connectivity index (χ1n) is 13.4. The van der Waals surface area contributed by atoms with Crippen LogP contribution in [0.4, 0.5) is 10.5 Å². The molecule has 3 N–H and O–H groups in total. The number of piperazine rings is 1. The molecule has 194 valence electrons. The second-order valence-electron chi connectivity index (χ2n) is 10.6. The molecule has 1 spiro atoms. The summed E-state index contributed by atoms with van der Waals surface area (Å²) in [6, 6.07) is 22.9. The van der Waals surface area contributed by atoms with E-state index in [1.807, 2.05) is 36.4 Å². The molecule has 3 aromatic carbocycles. The van der Waals surface area contributed by atoms with Crippen LogP contribution in [0.3, 0.4) is 0 Å². The molecule has 0 aromatic heterocycles. The van der Waals surface area contributed by atoms with Gasteiger partial charge in [0.15, 0.2) is 0 Å². The summed E-state index contributed by atoms with van der Waals surface area (Å²) in [5.41, 5.74) is 5.23. The predicted octanol–water partition coefficient (Wildman–Crippen LogP) is 4.84. The lowest BCUT2D eigenvalue weighted by Gasteiger charge is -2.42. The first-order chi connectivity index (χ1) is 18.4. The highest BCUT2D eigenvalue weighted by Gasteiger charge is 2.46. The Balaban J connectivity index is 1.18. The largest absolute Gasteiger partial charge is 0.465 e. The maximum atomic E-state index is 12.9. The van der Waals surface area contributed by atoms with Crippen LogP contribution in [0.1, 0.15) is 54.7 Å². The van der Waals surface area contributed by atoms with Crippen molar-refractivity contribution in [3.05, 3.63) is 89.5 Å². The van der Waals surface area contributed by atoms with Gasteiger partial charge in [0, 0.05) is 24.6 Å². The summed E-state index contributed by atoms with van der Waals surface area (Å²) in [6.07, 6.45) is 3.69. The number of hydrogen-bond donors (Lipinski definition) is 3. The van der Waals surface area contributed by atoms with E-state index in [2.05, 4.69) is 34.9 Å². The number of benzene rings is 3. The monoisotopic (exact) mass is 509 g/mol. The van der Waals surface area contributed by atoms with E-state index >= 15 is 0 Å². The lowest BCUT2D eigenvalue weighted by Crippen LogP contribution is -2.70. The average molecular weight is 510 g/mol. The molecule has 6 rings (SSSR count). The molecule has 1 saturated carbocycles. The van der Waals surface area contributed by atoms with E-state index in [0.29, 0.717) is 31.5 Å². The van der Waals surface area contributed by atoms with Crippen LogP contribution in [0.2, 0.25) is 0 Å². The van der Waals surface area contributed by atoms with Crippen LogP contribution in [0, 0.1) is 0 Å². The highest BCUT2D eigenvalue weighted by atomic mass is 16.4. The summed E-state index contributed by atoms with van der Waals surface area (Å²) in [7, 11) is 0. The predicted molar refractivity (Wildman–Crippen MR) is 145 cm³/mol.